The summed E-state index contributed by atoms with van der Waals surface area (Å²) in [4.78, 5) is 3.38. The molecule has 14 heavy (non-hydrogen) atoms. The SMILES string of the molecule is Cc1ccc2c(C)c(C(C)N)[nH]c2c1. The second-order valence-corrected chi connectivity index (χ2v) is 4.00. The maximum atomic E-state index is 5.89. The first-order valence-corrected chi connectivity index (χ1v) is 4.94. The van der Waals surface area contributed by atoms with Gasteiger partial charge >= 0.3 is 0 Å². The van der Waals surface area contributed by atoms with Gasteiger partial charge < -0.3 is 10.7 Å². The van der Waals surface area contributed by atoms with Gasteiger partial charge in [0.1, 0.15) is 0 Å². The zero-order valence-corrected chi connectivity index (χ0v) is 8.89. The average molecular weight is 188 g/mol. The molecule has 0 saturated heterocycles. The third kappa shape index (κ3) is 1.32. The molecule has 0 fully saturated rings. The average Bonchev–Trinajstić information content (AvgIpc) is 2.43. The number of aromatic nitrogens is 1. The molecule has 0 aliphatic heterocycles. The van der Waals surface area contributed by atoms with Crippen LogP contribution in [-0.2, 0) is 0 Å². The summed E-state index contributed by atoms with van der Waals surface area (Å²) in [6, 6.07) is 6.52. The highest BCUT2D eigenvalue weighted by molar-refractivity contribution is 5.85. The van der Waals surface area contributed by atoms with Gasteiger partial charge in [-0.25, -0.2) is 0 Å². The molecule has 0 aliphatic carbocycles. The van der Waals surface area contributed by atoms with Crippen molar-refractivity contribution in [3.63, 3.8) is 0 Å². The minimum absolute atomic E-state index is 0.0720. The fourth-order valence-corrected chi connectivity index (χ4v) is 1.93. The Bertz CT molecular complexity index is 466. The van der Waals surface area contributed by atoms with Gasteiger partial charge in [0.15, 0.2) is 0 Å². The van der Waals surface area contributed by atoms with Crippen molar-refractivity contribution in [2.75, 3.05) is 0 Å². The summed E-state index contributed by atoms with van der Waals surface area (Å²) in [5.41, 5.74) is 10.8. The maximum Gasteiger partial charge on any atom is 0.0461 e. The summed E-state index contributed by atoms with van der Waals surface area (Å²) in [6.45, 7) is 6.22. The first-order valence-electron chi connectivity index (χ1n) is 4.94. The van der Waals surface area contributed by atoms with Crippen LogP contribution in [0.4, 0.5) is 0 Å². The van der Waals surface area contributed by atoms with E-state index in [2.05, 4.69) is 37.0 Å². The van der Waals surface area contributed by atoms with Gasteiger partial charge in [-0.05, 0) is 38.0 Å². The Morgan fingerprint density at radius 3 is 2.64 bits per heavy atom. The number of nitrogens with one attached hydrogen (secondary N) is 1. The van der Waals surface area contributed by atoms with E-state index in [1.807, 2.05) is 6.92 Å². The van der Waals surface area contributed by atoms with E-state index in [0.29, 0.717) is 0 Å². The lowest BCUT2D eigenvalue weighted by atomic mass is 10.1. The molecule has 2 aromatic rings. The number of aryl methyl sites for hydroxylation is 2. The molecule has 1 unspecified atom stereocenters. The summed E-state index contributed by atoms with van der Waals surface area (Å²) in [6.07, 6.45) is 0. The molecule has 2 rings (SSSR count). The molecule has 1 heterocycles. The zero-order chi connectivity index (χ0) is 10.3. The quantitative estimate of drug-likeness (QED) is 0.710. The normalized spacial score (nSPS) is 13.4. The third-order valence-corrected chi connectivity index (χ3v) is 2.71. The van der Waals surface area contributed by atoms with E-state index in [-0.39, 0.29) is 6.04 Å². The smallest absolute Gasteiger partial charge is 0.0461 e. The van der Waals surface area contributed by atoms with Gasteiger partial charge in [-0.3, -0.25) is 0 Å². The van der Waals surface area contributed by atoms with Crippen LogP contribution in [0.1, 0.15) is 29.8 Å². The number of benzene rings is 1. The summed E-state index contributed by atoms with van der Waals surface area (Å²) in [5, 5.41) is 1.28. The molecule has 2 nitrogen and oxygen atoms in total. The molecule has 0 spiro atoms. The van der Waals surface area contributed by atoms with Gasteiger partial charge in [0, 0.05) is 22.6 Å². The molecule has 1 aromatic heterocycles. The molecule has 3 N–H and O–H groups in total. The van der Waals surface area contributed by atoms with Crippen molar-refractivity contribution in [2.45, 2.75) is 26.8 Å². The number of fused-ring (bicyclic) bond motifs is 1. The molecule has 0 saturated carbocycles. The predicted octanol–water partition coefficient (Wildman–Crippen LogP) is 2.80. The first-order chi connectivity index (χ1) is 6.59. The minimum atomic E-state index is 0.0720. The van der Waals surface area contributed by atoms with Gasteiger partial charge in [-0.2, -0.15) is 0 Å². The maximum absolute atomic E-state index is 5.89. The van der Waals surface area contributed by atoms with Crippen LogP contribution in [0.25, 0.3) is 10.9 Å². The highest BCUT2D eigenvalue weighted by atomic mass is 14.8. The van der Waals surface area contributed by atoms with E-state index < -0.39 is 0 Å². The van der Waals surface area contributed by atoms with Crippen LogP contribution in [0.3, 0.4) is 0 Å². The first kappa shape index (κ1) is 9.28. The summed E-state index contributed by atoms with van der Waals surface area (Å²) < 4.78 is 0. The van der Waals surface area contributed by atoms with Crippen LogP contribution in [-0.4, -0.2) is 4.98 Å². The van der Waals surface area contributed by atoms with Gasteiger partial charge in [0.25, 0.3) is 0 Å². The van der Waals surface area contributed by atoms with E-state index in [9.17, 15) is 0 Å². The van der Waals surface area contributed by atoms with Crippen LogP contribution in [0.2, 0.25) is 0 Å². The third-order valence-electron chi connectivity index (χ3n) is 2.71. The molecule has 2 heteroatoms. The summed E-state index contributed by atoms with van der Waals surface area (Å²) in [5.74, 6) is 0. The molecular formula is C12H16N2. The second-order valence-electron chi connectivity index (χ2n) is 4.00. The van der Waals surface area contributed by atoms with Crippen LogP contribution >= 0.6 is 0 Å². The van der Waals surface area contributed by atoms with Crippen LogP contribution in [0, 0.1) is 13.8 Å². The lowest BCUT2D eigenvalue weighted by molar-refractivity contribution is 0.785. The monoisotopic (exact) mass is 188 g/mol. The van der Waals surface area contributed by atoms with Gasteiger partial charge in [0.2, 0.25) is 0 Å². The number of hydrogen-bond acceptors (Lipinski definition) is 1. The molecule has 0 aliphatic rings. The van der Waals surface area contributed by atoms with Crippen LogP contribution in [0.15, 0.2) is 18.2 Å². The van der Waals surface area contributed by atoms with E-state index in [4.69, 9.17) is 5.73 Å². The van der Waals surface area contributed by atoms with Crippen LogP contribution in [0.5, 0.6) is 0 Å². The summed E-state index contributed by atoms with van der Waals surface area (Å²) >= 11 is 0. The number of nitrogens with two attached hydrogens (primary N) is 1. The lowest BCUT2D eigenvalue weighted by Crippen LogP contribution is -2.06. The van der Waals surface area contributed by atoms with E-state index in [1.54, 1.807) is 0 Å². The molecule has 74 valence electrons. The van der Waals surface area contributed by atoms with Crippen molar-refractivity contribution in [3.8, 4) is 0 Å². The topological polar surface area (TPSA) is 41.8 Å². The van der Waals surface area contributed by atoms with Crippen molar-refractivity contribution in [1.82, 2.24) is 4.98 Å². The lowest BCUT2D eigenvalue weighted by Gasteiger charge is -2.02. The minimum Gasteiger partial charge on any atom is -0.357 e. The largest absolute Gasteiger partial charge is 0.357 e. The number of rotatable bonds is 1. The van der Waals surface area contributed by atoms with Gasteiger partial charge in [-0.1, -0.05) is 12.1 Å². The summed E-state index contributed by atoms with van der Waals surface area (Å²) in [7, 11) is 0. The zero-order valence-electron chi connectivity index (χ0n) is 8.89. The Morgan fingerprint density at radius 2 is 2.00 bits per heavy atom. The van der Waals surface area contributed by atoms with Crippen molar-refractivity contribution < 1.29 is 0 Å². The fourth-order valence-electron chi connectivity index (χ4n) is 1.93. The van der Waals surface area contributed by atoms with Crippen LogP contribution < -0.4 is 5.73 Å². The molecular weight excluding hydrogens is 172 g/mol. The predicted molar refractivity (Wildman–Crippen MR) is 60.4 cm³/mol. The Labute approximate surface area is 84.1 Å². The molecule has 1 atom stereocenters. The van der Waals surface area contributed by atoms with Gasteiger partial charge in [-0.15, -0.1) is 0 Å². The molecule has 1 aromatic carbocycles. The molecule has 0 amide bonds. The second kappa shape index (κ2) is 3.14. The number of hydrogen-bond donors (Lipinski definition) is 2. The Kier molecular flexibility index (Phi) is 2.08. The standard InChI is InChI=1S/C12H16N2/c1-7-4-5-10-8(2)12(9(3)13)14-11(10)6-7/h4-6,9,14H,13H2,1-3H3. The Morgan fingerprint density at radius 1 is 1.29 bits per heavy atom. The number of aromatic amines is 1. The number of H-pyrrole nitrogens is 1. The van der Waals surface area contributed by atoms with Crippen molar-refractivity contribution >= 4 is 10.9 Å². The Balaban J connectivity index is 2.73. The fraction of sp³-hybridized carbons (Fsp3) is 0.333. The van der Waals surface area contributed by atoms with E-state index in [1.165, 1.54) is 22.0 Å². The highest BCUT2D eigenvalue weighted by Crippen LogP contribution is 2.25. The van der Waals surface area contributed by atoms with Crippen molar-refractivity contribution in [3.05, 3.63) is 35.0 Å². The Hall–Kier alpha value is -1.28. The van der Waals surface area contributed by atoms with Crippen molar-refractivity contribution in [1.29, 1.82) is 0 Å². The molecule has 0 radical (unpaired) electrons. The van der Waals surface area contributed by atoms with E-state index in [0.717, 1.165) is 5.69 Å². The molecule has 0 bridgehead atoms. The van der Waals surface area contributed by atoms with E-state index >= 15 is 0 Å². The van der Waals surface area contributed by atoms with Gasteiger partial charge in [0.05, 0.1) is 0 Å². The highest BCUT2D eigenvalue weighted by Gasteiger charge is 2.09. The van der Waals surface area contributed by atoms with Crippen molar-refractivity contribution in [2.24, 2.45) is 5.73 Å².